The second-order valence-corrected chi connectivity index (χ2v) is 2.56. The van der Waals surface area contributed by atoms with Crippen LogP contribution in [0.2, 0.25) is 0 Å². The molecule has 0 fully saturated rings. The topological polar surface area (TPSA) is 22.1 Å². The lowest BCUT2D eigenvalue weighted by molar-refractivity contribution is 0.340. The summed E-state index contributed by atoms with van der Waals surface area (Å²) in [5.41, 5.74) is 0. The number of nitrogens with zero attached hydrogens (tertiary/aromatic N) is 1. The van der Waals surface area contributed by atoms with E-state index in [0.717, 1.165) is 0 Å². The number of alkyl halides is 2. The molecule has 0 aliphatic carbocycles. The van der Waals surface area contributed by atoms with Crippen LogP contribution in [0.15, 0.2) is 24.4 Å². The van der Waals surface area contributed by atoms with E-state index in [9.17, 15) is 0 Å². The first-order chi connectivity index (χ1) is 4.79. The molecule has 0 radical (unpaired) electrons. The zero-order valence-electron chi connectivity index (χ0n) is 5.00. The van der Waals surface area contributed by atoms with Crippen molar-refractivity contribution in [2.75, 3.05) is 0 Å². The highest BCUT2D eigenvalue weighted by molar-refractivity contribution is 6.43. The van der Waals surface area contributed by atoms with Crippen molar-refractivity contribution in [1.29, 1.82) is 0 Å². The average molecular weight is 178 g/mol. The Morgan fingerprint density at radius 1 is 1.40 bits per heavy atom. The Kier molecular flexibility index (Phi) is 2.78. The van der Waals surface area contributed by atoms with Gasteiger partial charge in [0.25, 0.3) is 0 Å². The zero-order chi connectivity index (χ0) is 7.40. The average Bonchev–Trinajstić information content (AvgIpc) is 1.88. The predicted octanol–water partition coefficient (Wildman–Crippen LogP) is 2.22. The van der Waals surface area contributed by atoms with Crippen LogP contribution in [0.5, 0.6) is 5.88 Å². The second kappa shape index (κ2) is 3.64. The number of rotatable bonds is 2. The largest absolute Gasteiger partial charge is 0.444 e. The summed E-state index contributed by atoms with van der Waals surface area (Å²) in [5, 5.41) is -0.852. The van der Waals surface area contributed by atoms with Crippen LogP contribution < -0.4 is 4.74 Å². The van der Waals surface area contributed by atoms with Crippen molar-refractivity contribution in [1.82, 2.24) is 4.98 Å². The fraction of sp³-hybridized carbons (Fsp3) is 0.167. The first-order valence-electron chi connectivity index (χ1n) is 2.65. The van der Waals surface area contributed by atoms with Crippen LogP contribution in [0.4, 0.5) is 0 Å². The number of hydrogen-bond donors (Lipinski definition) is 0. The van der Waals surface area contributed by atoms with E-state index in [4.69, 9.17) is 27.9 Å². The molecule has 0 spiro atoms. The molecule has 0 N–H and O–H groups in total. The minimum Gasteiger partial charge on any atom is -0.444 e. The van der Waals surface area contributed by atoms with E-state index in [1.165, 1.54) is 0 Å². The molecule has 0 saturated carbocycles. The molecule has 1 heterocycles. The van der Waals surface area contributed by atoms with Gasteiger partial charge in [-0.1, -0.05) is 29.3 Å². The summed E-state index contributed by atoms with van der Waals surface area (Å²) in [5.74, 6) is 0.428. The van der Waals surface area contributed by atoms with Gasteiger partial charge in [0.15, 0.2) is 0 Å². The van der Waals surface area contributed by atoms with Gasteiger partial charge in [0, 0.05) is 12.3 Å². The molecule has 0 atom stereocenters. The molecule has 2 nitrogen and oxygen atoms in total. The van der Waals surface area contributed by atoms with Crippen molar-refractivity contribution in [2.45, 2.75) is 5.02 Å². The lowest BCUT2D eigenvalue weighted by atomic mass is 10.5. The molecule has 1 rings (SSSR count). The van der Waals surface area contributed by atoms with E-state index in [2.05, 4.69) is 4.98 Å². The number of halogens is 2. The standard InChI is InChI=1S/C6H5Cl2NO/c7-6(8)10-5-3-1-2-4-9-5/h1-4,6H. The monoisotopic (exact) mass is 177 g/mol. The molecule has 0 saturated heterocycles. The summed E-state index contributed by atoms with van der Waals surface area (Å²) < 4.78 is 4.83. The van der Waals surface area contributed by atoms with Crippen LogP contribution in [-0.2, 0) is 0 Å². The third-order valence-corrected chi connectivity index (χ3v) is 1.03. The molecule has 0 unspecified atom stereocenters. The van der Waals surface area contributed by atoms with Gasteiger partial charge in [0.1, 0.15) is 0 Å². The van der Waals surface area contributed by atoms with Crippen LogP contribution in [-0.4, -0.2) is 10.0 Å². The molecule has 0 amide bonds. The Hall–Kier alpha value is -0.470. The van der Waals surface area contributed by atoms with Gasteiger partial charge in [-0.3, -0.25) is 0 Å². The van der Waals surface area contributed by atoms with Gasteiger partial charge in [-0.15, -0.1) is 0 Å². The highest BCUT2D eigenvalue weighted by Crippen LogP contribution is 2.10. The fourth-order valence-corrected chi connectivity index (χ4v) is 0.691. The van der Waals surface area contributed by atoms with Crippen molar-refractivity contribution in [3.05, 3.63) is 24.4 Å². The summed E-state index contributed by atoms with van der Waals surface area (Å²) in [4.78, 5) is 3.83. The Morgan fingerprint density at radius 3 is 2.70 bits per heavy atom. The van der Waals surface area contributed by atoms with Gasteiger partial charge < -0.3 is 4.74 Å². The Bertz CT molecular complexity index is 190. The van der Waals surface area contributed by atoms with Crippen LogP contribution >= 0.6 is 23.2 Å². The van der Waals surface area contributed by atoms with Gasteiger partial charge in [0.05, 0.1) is 0 Å². The van der Waals surface area contributed by atoms with Crippen LogP contribution in [0.25, 0.3) is 0 Å². The molecule has 4 heteroatoms. The molecular weight excluding hydrogens is 173 g/mol. The van der Waals surface area contributed by atoms with Crippen molar-refractivity contribution in [3.8, 4) is 5.88 Å². The minimum atomic E-state index is -0.852. The fourth-order valence-electron chi connectivity index (χ4n) is 0.508. The minimum absolute atomic E-state index is 0.428. The van der Waals surface area contributed by atoms with E-state index < -0.39 is 5.02 Å². The molecule has 1 aromatic rings. The third kappa shape index (κ3) is 2.42. The third-order valence-electron chi connectivity index (χ3n) is 0.848. The van der Waals surface area contributed by atoms with Gasteiger partial charge in [0.2, 0.25) is 10.9 Å². The first-order valence-corrected chi connectivity index (χ1v) is 3.52. The molecule has 0 aromatic carbocycles. The summed E-state index contributed by atoms with van der Waals surface area (Å²) >= 11 is 10.6. The van der Waals surface area contributed by atoms with E-state index in [1.54, 1.807) is 24.4 Å². The number of hydrogen-bond acceptors (Lipinski definition) is 2. The summed E-state index contributed by atoms with van der Waals surface area (Å²) in [6, 6.07) is 5.25. The lowest BCUT2D eigenvalue weighted by Crippen LogP contribution is -1.99. The molecular formula is C6H5Cl2NO. The maximum Gasteiger partial charge on any atom is 0.249 e. The van der Waals surface area contributed by atoms with Crippen molar-refractivity contribution in [2.24, 2.45) is 0 Å². The van der Waals surface area contributed by atoms with Crippen LogP contribution in [0, 0.1) is 0 Å². The maximum atomic E-state index is 5.32. The van der Waals surface area contributed by atoms with Gasteiger partial charge in [-0.05, 0) is 6.07 Å². The Balaban J connectivity index is 2.59. The summed E-state index contributed by atoms with van der Waals surface area (Å²) in [6.07, 6.45) is 1.60. The molecule has 0 aliphatic heterocycles. The number of pyridine rings is 1. The van der Waals surface area contributed by atoms with E-state index in [0.29, 0.717) is 5.88 Å². The van der Waals surface area contributed by atoms with Gasteiger partial charge >= 0.3 is 0 Å². The normalized spacial score (nSPS) is 9.90. The van der Waals surface area contributed by atoms with E-state index in [-0.39, 0.29) is 0 Å². The van der Waals surface area contributed by atoms with Gasteiger partial charge in [-0.25, -0.2) is 4.98 Å². The predicted molar refractivity (Wildman–Crippen MR) is 40.4 cm³/mol. The number of aromatic nitrogens is 1. The van der Waals surface area contributed by atoms with E-state index in [1.807, 2.05) is 0 Å². The van der Waals surface area contributed by atoms with Crippen LogP contribution in [0.3, 0.4) is 0 Å². The molecule has 0 bridgehead atoms. The zero-order valence-corrected chi connectivity index (χ0v) is 6.51. The van der Waals surface area contributed by atoms with Gasteiger partial charge in [-0.2, -0.15) is 0 Å². The maximum absolute atomic E-state index is 5.32. The van der Waals surface area contributed by atoms with Crippen molar-refractivity contribution < 1.29 is 4.74 Å². The molecule has 0 aliphatic rings. The number of ether oxygens (including phenoxy) is 1. The first kappa shape index (κ1) is 7.63. The summed E-state index contributed by atoms with van der Waals surface area (Å²) in [6.45, 7) is 0. The molecule has 1 aromatic heterocycles. The Labute approximate surface area is 68.7 Å². The van der Waals surface area contributed by atoms with E-state index >= 15 is 0 Å². The lowest BCUT2D eigenvalue weighted by Gasteiger charge is -2.02. The highest BCUT2D eigenvalue weighted by Gasteiger charge is 1.98. The highest BCUT2D eigenvalue weighted by atomic mass is 35.5. The SMILES string of the molecule is ClC(Cl)Oc1ccccn1. The quantitative estimate of drug-likeness (QED) is 0.647. The molecule has 54 valence electrons. The van der Waals surface area contributed by atoms with Crippen molar-refractivity contribution >= 4 is 23.2 Å². The second-order valence-electron chi connectivity index (χ2n) is 1.55. The molecule has 10 heavy (non-hydrogen) atoms. The van der Waals surface area contributed by atoms with Crippen molar-refractivity contribution in [3.63, 3.8) is 0 Å². The van der Waals surface area contributed by atoms with Crippen LogP contribution in [0.1, 0.15) is 0 Å². The Morgan fingerprint density at radius 2 is 2.20 bits per heavy atom. The summed E-state index contributed by atoms with van der Waals surface area (Å²) in [7, 11) is 0. The smallest absolute Gasteiger partial charge is 0.249 e.